The number of rotatable bonds is 10. The average Bonchev–Trinajstić information content (AvgIpc) is 1.85. The Hall–Kier alpha value is -10.4. The minimum atomic E-state index is -0.0466. The molecule has 0 N–H and O–H groups in total. The molecule has 86 heavy (non-hydrogen) atoms. The lowest BCUT2D eigenvalue weighted by Crippen LogP contribution is -2.14. The van der Waals surface area contributed by atoms with Crippen molar-refractivity contribution in [3.63, 3.8) is 0 Å². The fourth-order valence-corrected chi connectivity index (χ4v) is 13.1. The van der Waals surface area contributed by atoms with Crippen LogP contribution in [0.2, 0.25) is 0 Å². The zero-order valence-corrected chi connectivity index (χ0v) is 49.5. The van der Waals surface area contributed by atoms with Gasteiger partial charge in [0.1, 0.15) is 0 Å². The maximum absolute atomic E-state index is 2.48. The molecule has 0 saturated heterocycles. The van der Waals surface area contributed by atoms with Crippen LogP contribution in [-0.2, 0) is 10.8 Å². The van der Waals surface area contributed by atoms with Gasteiger partial charge in [0, 0.05) is 66.4 Å². The van der Waals surface area contributed by atoms with Gasteiger partial charge < -0.3 is 18.9 Å². The highest BCUT2D eigenvalue weighted by atomic mass is 15.2. The Morgan fingerprint density at radius 3 is 0.977 bits per heavy atom. The molecule has 414 valence electrons. The van der Waals surface area contributed by atoms with Crippen LogP contribution >= 0.6 is 0 Å². The van der Waals surface area contributed by atoms with Crippen LogP contribution in [0, 0.1) is 0 Å². The number of hydrogen-bond donors (Lipinski definition) is 0. The van der Waals surface area contributed by atoms with Crippen LogP contribution in [0.15, 0.2) is 291 Å². The first kappa shape index (κ1) is 52.4. The predicted molar refractivity (Wildman–Crippen MR) is 368 cm³/mol. The van der Waals surface area contributed by atoms with Gasteiger partial charge in [-0.2, -0.15) is 0 Å². The van der Waals surface area contributed by atoms with E-state index in [9.17, 15) is 0 Å². The van der Waals surface area contributed by atoms with Crippen molar-refractivity contribution in [2.24, 2.45) is 0 Å². The van der Waals surface area contributed by atoms with E-state index < -0.39 is 0 Å². The molecule has 2 aromatic heterocycles. The largest absolute Gasteiger partial charge is 0.310 e. The molecule has 13 aromatic carbocycles. The van der Waals surface area contributed by atoms with Crippen LogP contribution in [-0.4, -0.2) is 9.13 Å². The maximum atomic E-state index is 2.48. The lowest BCUT2D eigenvalue weighted by atomic mass is 9.86. The van der Waals surface area contributed by atoms with E-state index in [2.05, 4.69) is 352 Å². The van der Waals surface area contributed by atoms with Gasteiger partial charge in [-0.25, -0.2) is 0 Å². The smallest absolute Gasteiger partial charge is 0.0542 e. The molecule has 0 amide bonds. The molecule has 15 rings (SSSR count). The summed E-state index contributed by atoms with van der Waals surface area (Å²) >= 11 is 0. The van der Waals surface area contributed by atoms with E-state index in [4.69, 9.17) is 0 Å². The minimum Gasteiger partial charge on any atom is -0.310 e. The van der Waals surface area contributed by atoms with Crippen molar-refractivity contribution in [2.75, 3.05) is 9.80 Å². The highest BCUT2D eigenvalue weighted by molar-refractivity contribution is 6.13. The molecular weight excluding hydrogens is 1040 g/mol. The van der Waals surface area contributed by atoms with Crippen LogP contribution < -0.4 is 9.80 Å². The van der Waals surface area contributed by atoms with E-state index in [1.807, 2.05) is 0 Å². The summed E-state index contributed by atoms with van der Waals surface area (Å²) in [5.41, 5.74) is 20.7. The van der Waals surface area contributed by atoms with Gasteiger partial charge in [-0.3, -0.25) is 0 Å². The first-order valence-corrected chi connectivity index (χ1v) is 30.1. The van der Waals surface area contributed by atoms with Crippen molar-refractivity contribution in [1.82, 2.24) is 9.13 Å². The van der Waals surface area contributed by atoms with Gasteiger partial charge in [0.15, 0.2) is 0 Å². The molecule has 0 aliphatic heterocycles. The summed E-state index contributed by atoms with van der Waals surface area (Å²) in [5, 5.41) is 9.57. The number of anilines is 6. The average molecular weight is 1110 g/mol. The Morgan fingerprint density at radius 1 is 0.244 bits per heavy atom. The molecule has 0 radical (unpaired) electrons. The number of aromatic nitrogens is 2. The number of hydrogen-bond acceptors (Lipinski definition) is 2. The fraction of sp³-hybridized carbons (Fsp3) is 0.0976. The van der Waals surface area contributed by atoms with Crippen LogP contribution in [0.4, 0.5) is 34.1 Å². The molecule has 0 fully saturated rings. The third-order valence-electron chi connectivity index (χ3n) is 17.6. The minimum absolute atomic E-state index is 0.0466. The summed E-state index contributed by atoms with van der Waals surface area (Å²) in [7, 11) is 0. The van der Waals surface area contributed by atoms with Crippen molar-refractivity contribution in [1.29, 1.82) is 0 Å². The molecule has 0 atom stereocenters. The summed E-state index contributed by atoms with van der Waals surface area (Å²) in [5.74, 6) is 0. The molecular formula is C82H66N4. The van der Waals surface area contributed by atoms with Gasteiger partial charge >= 0.3 is 0 Å². The number of fused-ring (bicyclic) bond motifs is 8. The molecule has 0 aliphatic rings. The van der Waals surface area contributed by atoms with Gasteiger partial charge in [-0.05, 0) is 170 Å². The van der Waals surface area contributed by atoms with Crippen LogP contribution in [0.5, 0.6) is 0 Å². The van der Waals surface area contributed by atoms with Gasteiger partial charge in [0.25, 0.3) is 0 Å². The molecule has 4 heteroatoms. The summed E-state index contributed by atoms with van der Waals surface area (Å²) in [6.45, 7) is 13.9. The van der Waals surface area contributed by atoms with Crippen molar-refractivity contribution < 1.29 is 0 Å². The highest BCUT2D eigenvalue weighted by Crippen LogP contribution is 2.48. The quantitative estimate of drug-likeness (QED) is 0.136. The highest BCUT2D eigenvalue weighted by Gasteiger charge is 2.25. The summed E-state index contributed by atoms with van der Waals surface area (Å²) in [4.78, 5) is 4.96. The third-order valence-corrected chi connectivity index (χ3v) is 17.6. The van der Waals surface area contributed by atoms with Crippen molar-refractivity contribution >= 4 is 99.3 Å². The summed E-state index contributed by atoms with van der Waals surface area (Å²) < 4.78 is 4.89. The Bertz CT molecular complexity index is 4730. The van der Waals surface area contributed by atoms with Gasteiger partial charge in [0.2, 0.25) is 0 Å². The third kappa shape index (κ3) is 9.17. The second kappa shape index (κ2) is 20.7. The number of benzene rings is 13. The van der Waals surface area contributed by atoms with E-state index in [0.717, 1.165) is 56.5 Å². The van der Waals surface area contributed by atoms with Crippen molar-refractivity contribution in [3.8, 4) is 33.6 Å². The molecule has 0 unspecified atom stereocenters. The Balaban J connectivity index is 0.935. The SMILES string of the molecule is CC(C)(C)c1ccc2c(c1)c1cc(N(c3cccc(N(c4ccc5c(c4)c4cc(C(C)(C)C)ccc4n5-c4ccc(-c5ccccc5)cc4)c4cccc5ccccc45)c3)c3cccc4ccccc34)ccc1n2-c1ccc(-c2ccccc2)cc1. The van der Waals surface area contributed by atoms with Crippen LogP contribution in [0.25, 0.3) is 98.8 Å². The molecule has 15 aromatic rings. The molecule has 2 heterocycles. The monoisotopic (exact) mass is 1110 g/mol. The predicted octanol–water partition coefficient (Wildman–Crippen LogP) is 23.1. The van der Waals surface area contributed by atoms with E-state index >= 15 is 0 Å². The van der Waals surface area contributed by atoms with Crippen LogP contribution in [0.3, 0.4) is 0 Å². The second-order valence-corrected chi connectivity index (χ2v) is 25.1. The Labute approximate surface area is 503 Å². The first-order chi connectivity index (χ1) is 41.9. The zero-order chi connectivity index (χ0) is 58.3. The van der Waals surface area contributed by atoms with Gasteiger partial charge in [0.05, 0.1) is 33.4 Å². The van der Waals surface area contributed by atoms with Crippen molar-refractivity contribution in [3.05, 3.63) is 302 Å². The van der Waals surface area contributed by atoms with E-state index in [0.29, 0.717) is 0 Å². The van der Waals surface area contributed by atoms with Crippen LogP contribution in [0.1, 0.15) is 52.7 Å². The molecule has 0 bridgehead atoms. The van der Waals surface area contributed by atoms with E-state index in [-0.39, 0.29) is 10.8 Å². The van der Waals surface area contributed by atoms with E-state index in [1.54, 1.807) is 0 Å². The molecule has 4 nitrogen and oxygen atoms in total. The maximum Gasteiger partial charge on any atom is 0.0542 e. The van der Waals surface area contributed by atoms with Gasteiger partial charge in [-0.15, -0.1) is 0 Å². The molecule has 0 aliphatic carbocycles. The molecule has 0 spiro atoms. The second-order valence-electron chi connectivity index (χ2n) is 25.1. The fourth-order valence-electron chi connectivity index (χ4n) is 13.1. The number of nitrogens with zero attached hydrogens (tertiary/aromatic N) is 4. The van der Waals surface area contributed by atoms with E-state index in [1.165, 1.54) is 87.5 Å². The summed E-state index contributed by atoms with van der Waals surface area (Å²) in [6, 6.07) is 108. The van der Waals surface area contributed by atoms with Gasteiger partial charge in [-0.1, -0.05) is 217 Å². The topological polar surface area (TPSA) is 16.3 Å². The van der Waals surface area contributed by atoms with Crippen molar-refractivity contribution in [2.45, 2.75) is 52.4 Å². The zero-order valence-electron chi connectivity index (χ0n) is 49.5. The first-order valence-electron chi connectivity index (χ1n) is 30.1. The summed E-state index contributed by atoms with van der Waals surface area (Å²) in [6.07, 6.45) is 0. The Kier molecular flexibility index (Phi) is 12.6. The lowest BCUT2D eigenvalue weighted by molar-refractivity contribution is 0.591. The Morgan fingerprint density at radius 2 is 0.570 bits per heavy atom. The molecule has 0 saturated carbocycles. The standard InChI is InChI=1S/C82H66N4/c1-81(2,3)61-38-46-77-71(50-61)73-53-67(44-48-79(73)85(77)63-40-34-57(35-41-63)55-20-9-7-10-21-55)83(75-32-17-26-59-24-13-15-30-69(59)75)65-28-19-29-66(52-65)84(76-33-18-27-60-25-14-16-31-70(60)76)68-45-49-80-74(54-68)72-51-62(82(4,5)6)39-47-78(72)86(80)64-42-36-58(37-43-64)56-22-11-8-12-23-56/h7-54H,1-6H3. The lowest BCUT2D eigenvalue weighted by Gasteiger charge is -2.30. The normalized spacial score (nSPS) is 12.1.